The minimum atomic E-state index is -2.88. The monoisotopic (exact) mass is 421 g/mol. The highest BCUT2D eigenvalue weighted by Gasteiger charge is 2.13. The Balaban J connectivity index is 1.64. The van der Waals surface area contributed by atoms with Gasteiger partial charge in [0, 0.05) is 22.8 Å². The maximum atomic E-state index is 12.4. The Morgan fingerprint density at radius 2 is 1.72 bits per heavy atom. The molecule has 0 fully saturated rings. The van der Waals surface area contributed by atoms with Gasteiger partial charge < -0.3 is 24.8 Å². The number of rotatable bonds is 8. The van der Waals surface area contributed by atoms with Crippen LogP contribution in [0.25, 0.3) is 0 Å². The van der Waals surface area contributed by atoms with Crippen molar-refractivity contribution in [2.45, 2.75) is 6.61 Å². The van der Waals surface area contributed by atoms with Gasteiger partial charge in [-0.2, -0.15) is 8.78 Å². The Kier molecular flexibility index (Phi) is 6.45. The van der Waals surface area contributed by atoms with Crippen LogP contribution in [0, 0.1) is 0 Å². The van der Waals surface area contributed by atoms with Gasteiger partial charge in [0.05, 0.1) is 14.2 Å². The van der Waals surface area contributed by atoms with E-state index in [0.29, 0.717) is 28.0 Å². The van der Waals surface area contributed by atoms with Crippen LogP contribution < -0.4 is 24.8 Å². The van der Waals surface area contributed by atoms with Gasteiger partial charge in [0.1, 0.15) is 11.4 Å². The number of amides is 1. The third-order valence-corrected chi connectivity index (χ3v) is 4.47. The topological polar surface area (TPSA) is 81.7 Å². The molecule has 29 heavy (non-hydrogen) atoms. The molecule has 0 aliphatic heterocycles. The standard InChI is InChI=1S/C19H17F2N3O4S/c1-26-15-8-5-12(9-16(15)27-2)22-17(25)14-10-29-19(24-14)23-11-3-6-13(7-4-11)28-18(20)21/h3-10,18H,1-2H3,(H,22,25)(H,23,24). The number of hydrogen-bond donors (Lipinski definition) is 2. The largest absolute Gasteiger partial charge is 0.493 e. The first-order valence-electron chi connectivity index (χ1n) is 8.29. The van der Waals surface area contributed by atoms with E-state index in [1.807, 2.05) is 0 Å². The van der Waals surface area contributed by atoms with Gasteiger partial charge in [-0.15, -0.1) is 11.3 Å². The van der Waals surface area contributed by atoms with E-state index in [2.05, 4.69) is 20.4 Å². The van der Waals surface area contributed by atoms with Gasteiger partial charge in [0.15, 0.2) is 16.6 Å². The quantitative estimate of drug-likeness (QED) is 0.546. The van der Waals surface area contributed by atoms with Crippen LogP contribution in [0.4, 0.5) is 25.3 Å². The van der Waals surface area contributed by atoms with E-state index >= 15 is 0 Å². The van der Waals surface area contributed by atoms with Crippen LogP contribution in [0.5, 0.6) is 17.2 Å². The Bertz CT molecular complexity index is 980. The van der Waals surface area contributed by atoms with Crippen LogP contribution in [0.2, 0.25) is 0 Å². The van der Waals surface area contributed by atoms with Crippen LogP contribution in [0.15, 0.2) is 47.8 Å². The number of aromatic nitrogens is 1. The number of carbonyl (C=O) groups excluding carboxylic acids is 1. The Morgan fingerprint density at radius 3 is 2.38 bits per heavy atom. The van der Waals surface area contributed by atoms with E-state index in [9.17, 15) is 13.6 Å². The zero-order valence-electron chi connectivity index (χ0n) is 15.4. The number of thiazole rings is 1. The lowest BCUT2D eigenvalue weighted by molar-refractivity contribution is -0.0498. The Morgan fingerprint density at radius 1 is 1.03 bits per heavy atom. The number of alkyl halides is 2. The highest BCUT2D eigenvalue weighted by molar-refractivity contribution is 7.14. The number of benzene rings is 2. The van der Waals surface area contributed by atoms with Gasteiger partial charge in [-0.05, 0) is 36.4 Å². The van der Waals surface area contributed by atoms with Gasteiger partial charge in [-0.3, -0.25) is 4.79 Å². The van der Waals surface area contributed by atoms with E-state index in [4.69, 9.17) is 9.47 Å². The van der Waals surface area contributed by atoms with Crippen LogP contribution >= 0.6 is 11.3 Å². The van der Waals surface area contributed by atoms with Crippen LogP contribution in [-0.2, 0) is 0 Å². The number of ether oxygens (including phenoxy) is 3. The maximum absolute atomic E-state index is 12.4. The summed E-state index contributed by atoms with van der Waals surface area (Å²) in [5.41, 5.74) is 1.38. The Labute approximate surface area is 169 Å². The molecular formula is C19H17F2N3O4S. The van der Waals surface area contributed by atoms with Gasteiger partial charge >= 0.3 is 6.61 Å². The first-order valence-corrected chi connectivity index (χ1v) is 9.17. The number of anilines is 3. The fourth-order valence-electron chi connectivity index (χ4n) is 2.39. The average Bonchev–Trinajstić information content (AvgIpc) is 3.17. The lowest BCUT2D eigenvalue weighted by Crippen LogP contribution is -2.12. The molecule has 0 radical (unpaired) electrons. The summed E-state index contributed by atoms with van der Waals surface area (Å²) in [5, 5.41) is 7.83. The molecule has 152 valence electrons. The molecule has 1 heterocycles. The molecule has 1 amide bonds. The lowest BCUT2D eigenvalue weighted by Gasteiger charge is -2.10. The Hall–Kier alpha value is -3.40. The zero-order valence-corrected chi connectivity index (χ0v) is 16.3. The third kappa shape index (κ3) is 5.32. The molecule has 0 bridgehead atoms. The number of halogens is 2. The maximum Gasteiger partial charge on any atom is 0.387 e. The summed E-state index contributed by atoms with van der Waals surface area (Å²) in [6, 6.07) is 11.0. The molecular weight excluding hydrogens is 404 g/mol. The van der Waals surface area contributed by atoms with E-state index < -0.39 is 6.61 Å². The van der Waals surface area contributed by atoms with Crippen molar-refractivity contribution in [3.05, 3.63) is 53.5 Å². The van der Waals surface area contributed by atoms with Crippen molar-refractivity contribution in [1.29, 1.82) is 0 Å². The van der Waals surface area contributed by atoms with E-state index in [-0.39, 0.29) is 17.4 Å². The number of nitrogens with zero attached hydrogens (tertiary/aromatic N) is 1. The summed E-state index contributed by atoms with van der Waals surface area (Å²) in [7, 11) is 3.04. The molecule has 0 atom stereocenters. The molecule has 3 aromatic rings. The first-order chi connectivity index (χ1) is 14.0. The summed E-state index contributed by atoms with van der Waals surface area (Å²) in [5.74, 6) is 0.711. The smallest absolute Gasteiger partial charge is 0.387 e. The summed E-state index contributed by atoms with van der Waals surface area (Å²) in [6.07, 6.45) is 0. The molecule has 0 aliphatic carbocycles. The number of hydrogen-bond acceptors (Lipinski definition) is 7. The molecule has 0 unspecified atom stereocenters. The van der Waals surface area contributed by atoms with Gasteiger partial charge in [0.2, 0.25) is 0 Å². The molecule has 3 rings (SSSR count). The average molecular weight is 421 g/mol. The van der Waals surface area contributed by atoms with E-state index in [1.54, 1.807) is 35.7 Å². The van der Waals surface area contributed by atoms with Crippen molar-refractivity contribution in [1.82, 2.24) is 4.98 Å². The van der Waals surface area contributed by atoms with Crippen molar-refractivity contribution in [2.75, 3.05) is 24.9 Å². The molecule has 2 N–H and O–H groups in total. The molecule has 0 saturated heterocycles. The van der Waals surface area contributed by atoms with Crippen molar-refractivity contribution >= 4 is 33.8 Å². The minimum absolute atomic E-state index is 0.0553. The molecule has 2 aromatic carbocycles. The number of carbonyl (C=O) groups is 1. The van der Waals surface area contributed by atoms with Crippen LogP contribution in [0.1, 0.15) is 10.5 Å². The lowest BCUT2D eigenvalue weighted by atomic mass is 10.2. The summed E-state index contributed by atoms with van der Waals surface area (Å²) >= 11 is 1.23. The zero-order chi connectivity index (χ0) is 20.8. The molecule has 7 nitrogen and oxygen atoms in total. The number of nitrogens with one attached hydrogen (secondary N) is 2. The summed E-state index contributed by atoms with van der Waals surface area (Å²) < 4.78 is 39.0. The predicted octanol–water partition coefficient (Wildman–Crippen LogP) is 4.76. The second-order valence-electron chi connectivity index (χ2n) is 5.59. The first kappa shape index (κ1) is 20.3. The summed E-state index contributed by atoms with van der Waals surface area (Å²) in [4.78, 5) is 16.7. The number of methoxy groups -OCH3 is 2. The molecule has 10 heteroatoms. The minimum Gasteiger partial charge on any atom is -0.493 e. The predicted molar refractivity (Wildman–Crippen MR) is 106 cm³/mol. The second-order valence-corrected chi connectivity index (χ2v) is 6.45. The van der Waals surface area contributed by atoms with E-state index in [1.165, 1.54) is 37.7 Å². The van der Waals surface area contributed by atoms with Gasteiger partial charge in [-0.25, -0.2) is 4.98 Å². The van der Waals surface area contributed by atoms with Crippen LogP contribution in [0.3, 0.4) is 0 Å². The van der Waals surface area contributed by atoms with Crippen molar-refractivity contribution in [2.24, 2.45) is 0 Å². The fraction of sp³-hybridized carbons (Fsp3) is 0.158. The third-order valence-electron chi connectivity index (χ3n) is 3.71. The summed E-state index contributed by atoms with van der Waals surface area (Å²) in [6.45, 7) is -2.88. The van der Waals surface area contributed by atoms with Gasteiger partial charge in [-0.1, -0.05) is 0 Å². The molecule has 0 saturated carbocycles. The highest BCUT2D eigenvalue weighted by atomic mass is 32.1. The highest BCUT2D eigenvalue weighted by Crippen LogP contribution is 2.30. The fourth-order valence-corrected chi connectivity index (χ4v) is 3.10. The normalized spacial score (nSPS) is 10.5. The SMILES string of the molecule is COc1ccc(NC(=O)c2csc(Nc3ccc(OC(F)F)cc3)n2)cc1OC. The van der Waals surface area contributed by atoms with Crippen LogP contribution in [-0.4, -0.2) is 31.7 Å². The van der Waals surface area contributed by atoms with Crippen molar-refractivity contribution < 1.29 is 27.8 Å². The molecule has 1 aromatic heterocycles. The van der Waals surface area contributed by atoms with Crippen molar-refractivity contribution in [3.8, 4) is 17.2 Å². The van der Waals surface area contributed by atoms with Gasteiger partial charge in [0.25, 0.3) is 5.91 Å². The van der Waals surface area contributed by atoms with E-state index in [0.717, 1.165) is 0 Å². The second kappa shape index (κ2) is 9.20. The molecule has 0 spiro atoms. The van der Waals surface area contributed by atoms with Crippen molar-refractivity contribution in [3.63, 3.8) is 0 Å². The molecule has 0 aliphatic rings.